The Morgan fingerprint density at radius 3 is 2.68 bits per heavy atom. The lowest BCUT2D eigenvalue weighted by Gasteiger charge is -2.07. The maximum absolute atomic E-state index is 12.2. The zero-order valence-electron chi connectivity index (χ0n) is 13.9. The van der Waals surface area contributed by atoms with E-state index < -0.39 is 0 Å². The molecule has 0 aromatic heterocycles. The van der Waals surface area contributed by atoms with Gasteiger partial charge in [0.25, 0.3) is 5.91 Å². The van der Waals surface area contributed by atoms with Crippen molar-refractivity contribution in [2.45, 2.75) is 13.8 Å². The summed E-state index contributed by atoms with van der Waals surface area (Å²) in [4.78, 5) is 17.3. The Morgan fingerprint density at radius 1 is 1.24 bits per heavy atom. The number of benzene rings is 2. The molecule has 1 aliphatic heterocycles. The third kappa shape index (κ3) is 4.52. The molecule has 1 amide bonds. The number of aryl methyl sites for hydroxylation is 1. The van der Waals surface area contributed by atoms with Gasteiger partial charge in [0, 0.05) is 4.47 Å². The standard InChI is InChI=1S/C19H17BrN2O2S/c1-3-24-16-9-4-13(10-12(16)2)11-17-18(23)22-19(25-17)21-15-7-5-14(20)6-8-15/h4-11H,3H2,1-2H3,(H,21,22,23)/b17-11-. The van der Waals surface area contributed by atoms with Gasteiger partial charge in [0.15, 0.2) is 5.17 Å². The molecule has 0 saturated carbocycles. The van der Waals surface area contributed by atoms with Gasteiger partial charge in [0.2, 0.25) is 0 Å². The van der Waals surface area contributed by atoms with Crippen LogP contribution < -0.4 is 10.1 Å². The Kier molecular flexibility index (Phi) is 5.60. The molecule has 2 aromatic rings. The number of rotatable bonds is 4. The van der Waals surface area contributed by atoms with Crippen LogP contribution in [0.25, 0.3) is 6.08 Å². The molecule has 1 aliphatic rings. The second-order valence-corrected chi connectivity index (χ2v) is 7.36. The topological polar surface area (TPSA) is 50.7 Å². The van der Waals surface area contributed by atoms with E-state index in [0.717, 1.165) is 27.0 Å². The van der Waals surface area contributed by atoms with Crippen molar-refractivity contribution in [2.75, 3.05) is 6.61 Å². The third-order valence-corrected chi connectivity index (χ3v) is 4.94. The summed E-state index contributed by atoms with van der Waals surface area (Å²) >= 11 is 4.73. The van der Waals surface area contributed by atoms with Crippen LogP contribution in [0.2, 0.25) is 0 Å². The Balaban J connectivity index is 1.79. The molecule has 1 heterocycles. The van der Waals surface area contributed by atoms with Gasteiger partial charge in [0.05, 0.1) is 17.2 Å². The highest BCUT2D eigenvalue weighted by Crippen LogP contribution is 2.29. The highest BCUT2D eigenvalue weighted by Gasteiger charge is 2.23. The van der Waals surface area contributed by atoms with Gasteiger partial charge in [-0.25, -0.2) is 4.99 Å². The largest absolute Gasteiger partial charge is 0.494 e. The SMILES string of the molecule is CCOc1ccc(/C=C2\SC(=Nc3ccc(Br)cc3)NC2=O)cc1C. The van der Waals surface area contributed by atoms with Gasteiger partial charge in [-0.15, -0.1) is 0 Å². The lowest BCUT2D eigenvalue weighted by atomic mass is 10.1. The first-order valence-corrected chi connectivity index (χ1v) is 9.44. The number of carbonyl (C=O) groups is 1. The number of ether oxygens (including phenoxy) is 1. The van der Waals surface area contributed by atoms with Crippen molar-refractivity contribution in [3.8, 4) is 5.75 Å². The van der Waals surface area contributed by atoms with E-state index in [4.69, 9.17) is 4.74 Å². The smallest absolute Gasteiger partial charge is 0.264 e. The van der Waals surface area contributed by atoms with Gasteiger partial charge < -0.3 is 10.1 Å². The first-order chi connectivity index (χ1) is 12.0. The van der Waals surface area contributed by atoms with Gasteiger partial charge in [-0.2, -0.15) is 0 Å². The number of carbonyl (C=O) groups excluding carboxylic acids is 1. The van der Waals surface area contributed by atoms with Crippen LogP contribution >= 0.6 is 27.7 Å². The Hall–Kier alpha value is -2.05. The molecule has 4 nitrogen and oxygen atoms in total. The summed E-state index contributed by atoms with van der Waals surface area (Å²) in [6.07, 6.45) is 1.87. The molecule has 2 aromatic carbocycles. The van der Waals surface area contributed by atoms with Crippen LogP contribution in [0.4, 0.5) is 5.69 Å². The lowest BCUT2D eigenvalue weighted by molar-refractivity contribution is -0.115. The number of amidine groups is 1. The minimum atomic E-state index is -0.132. The van der Waals surface area contributed by atoms with Crippen molar-refractivity contribution in [2.24, 2.45) is 4.99 Å². The predicted molar refractivity (Wildman–Crippen MR) is 107 cm³/mol. The number of nitrogens with zero attached hydrogens (tertiary/aromatic N) is 1. The Morgan fingerprint density at radius 2 is 2.00 bits per heavy atom. The van der Waals surface area contributed by atoms with E-state index in [1.165, 1.54) is 11.8 Å². The van der Waals surface area contributed by atoms with Crippen molar-refractivity contribution in [1.82, 2.24) is 5.32 Å². The van der Waals surface area contributed by atoms with Crippen molar-refractivity contribution in [3.63, 3.8) is 0 Å². The summed E-state index contributed by atoms with van der Waals surface area (Å²) in [5, 5.41) is 3.39. The molecular weight excluding hydrogens is 400 g/mol. The van der Waals surface area contributed by atoms with Crippen LogP contribution in [0, 0.1) is 6.92 Å². The average Bonchev–Trinajstić information content (AvgIpc) is 2.92. The molecule has 128 valence electrons. The maximum Gasteiger partial charge on any atom is 0.264 e. The molecule has 0 atom stereocenters. The van der Waals surface area contributed by atoms with Crippen LogP contribution in [0.15, 0.2) is 56.8 Å². The van der Waals surface area contributed by atoms with Crippen LogP contribution in [-0.2, 0) is 4.79 Å². The molecule has 1 N–H and O–H groups in total. The molecule has 0 radical (unpaired) electrons. The van der Waals surface area contributed by atoms with Gasteiger partial charge >= 0.3 is 0 Å². The Bertz CT molecular complexity index is 860. The van der Waals surface area contributed by atoms with Crippen LogP contribution in [-0.4, -0.2) is 17.7 Å². The summed E-state index contributed by atoms with van der Waals surface area (Å²) in [5.74, 6) is 0.734. The summed E-state index contributed by atoms with van der Waals surface area (Å²) in [6.45, 7) is 4.59. The molecule has 0 aliphatic carbocycles. The van der Waals surface area contributed by atoms with Crippen LogP contribution in [0.5, 0.6) is 5.75 Å². The number of nitrogens with one attached hydrogen (secondary N) is 1. The quantitative estimate of drug-likeness (QED) is 0.709. The minimum Gasteiger partial charge on any atom is -0.494 e. The molecule has 25 heavy (non-hydrogen) atoms. The zero-order chi connectivity index (χ0) is 17.8. The molecule has 6 heteroatoms. The van der Waals surface area contributed by atoms with Gasteiger partial charge in [-0.05, 0) is 79.2 Å². The monoisotopic (exact) mass is 416 g/mol. The number of hydrogen-bond donors (Lipinski definition) is 1. The van der Waals surface area contributed by atoms with E-state index >= 15 is 0 Å². The van der Waals surface area contributed by atoms with Crippen molar-refractivity contribution < 1.29 is 9.53 Å². The fourth-order valence-electron chi connectivity index (χ4n) is 2.34. The molecule has 0 unspecified atom stereocenters. The highest BCUT2D eigenvalue weighted by molar-refractivity contribution is 9.10. The van der Waals surface area contributed by atoms with E-state index in [2.05, 4.69) is 26.2 Å². The van der Waals surface area contributed by atoms with Crippen molar-refractivity contribution in [1.29, 1.82) is 0 Å². The fourth-order valence-corrected chi connectivity index (χ4v) is 3.45. The third-order valence-electron chi connectivity index (χ3n) is 3.50. The Labute approximate surface area is 159 Å². The minimum absolute atomic E-state index is 0.132. The zero-order valence-corrected chi connectivity index (χ0v) is 16.3. The number of amides is 1. The molecule has 3 rings (SSSR count). The average molecular weight is 417 g/mol. The van der Waals surface area contributed by atoms with Crippen LogP contribution in [0.3, 0.4) is 0 Å². The van der Waals surface area contributed by atoms with Crippen LogP contribution in [0.1, 0.15) is 18.1 Å². The predicted octanol–water partition coefficient (Wildman–Crippen LogP) is 5.05. The van der Waals surface area contributed by atoms with Crippen molar-refractivity contribution in [3.05, 3.63) is 63.0 Å². The summed E-state index contributed by atoms with van der Waals surface area (Å²) < 4.78 is 6.54. The first kappa shape index (κ1) is 17.8. The number of thioether (sulfide) groups is 1. The second-order valence-electron chi connectivity index (χ2n) is 5.42. The van der Waals surface area contributed by atoms with Gasteiger partial charge in [0.1, 0.15) is 5.75 Å². The lowest BCUT2D eigenvalue weighted by Crippen LogP contribution is -2.19. The number of halogens is 1. The summed E-state index contributed by atoms with van der Waals surface area (Å²) in [7, 11) is 0. The fraction of sp³-hybridized carbons (Fsp3) is 0.158. The molecule has 0 spiro atoms. The van der Waals surface area contributed by atoms with E-state index in [0.29, 0.717) is 16.7 Å². The maximum atomic E-state index is 12.2. The van der Waals surface area contributed by atoms with Gasteiger partial charge in [-0.3, -0.25) is 4.79 Å². The number of hydrogen-bond acceptors (Lipinski definition) is 4. The first-order valence-electron chi connectivity index (χ1n) is 7.84. The van der Waals surface area contributed by atoms with E-state index in [1.54, 1.807) is 0 Å². The highest BCUT2D eigenvalue weighted by atomic mass is 79.9. The second kappa shape index (κ2) is 7.89. The normalized spacial score (nSPS) is 17.2. The summed E-state index contributed by atoms with van der Waals surface area (Å²) in [5.41, 5.74) is 2.80. The van der Waals surface area contributed by atoms with E-state index in [9.17, 15) is 4.79 Å². The molecule has 1 fully saturated rings. The molecule has 1 saturated heterocycles. The van der Waals surface area contributed by atoms with E-state index in [1.807, 2.05) is 62.4 Å². The van der Waals surface area contributed by atoms with Crippen molar-refractivity contribution >= 4 is 50.5 Å². The molecule has 0 bridgehead atoms. The summed E-state index contributed by atoms with van der Waals surface area (Å²) in [6, 6.07) is 13.5. The van der Waals surface area contributed by atoms with Gasteiger partial charge in [-0.1, -0.05) is 22.0 Å². The van der Waals surface area contributed by atoms with E-state index in [-0.39, 0.29) is 5.91 Å². The molecular formula is C19H17BrN2O2S. The number of aliphatic imine (C=N–C) groups is 1.